The van der Waals surface area contributed by atoms with Gasteiger partial charge >= 0.3 is 0 Å². The number of carbonyl (C=O) groups is 1. The van der Waals surface area contributed by atoms with Gasteiger partial charge in [-0.25, -0.2) is 4.39 Å². The highest BCUT2D eigenvalue weighted by Crippen LogP contribution is 2.35. The second-order valence-electron chi connectivity index (χ2n) is 9.34. The summed E-state index contributed by atoms with van der Waals surface area (Å²) in [6.45, 7) is 5.33. The van der Waals surface area contributed by atoms with Gasteiger partial charge in [-0.1, -0.05) is 19.1 Å². The van der Waals surface area contributed by atoms with Crippen LogP contribution >= 0.6 is 0 Å². The third-order valence-electron chi connectivity index (χ3n) is 6.67. The number of anilines is 4. The maximum Gasteiger partial charge on any atom is 0.250 e. The number of benzene rings is 2. The van der Waals surface area contributed by atoms with E-state index in [1.165, 1.54) is 17.7 Å². The van der Waals surface area contributed by atoms with Gasteiger partial charge < -0.3 is 26.1 Å². The van der Waals surface area contributed by atoms with Gasteiger partial charge in [0.15, 0.2) is 0 Å². The third kappa shape index (κ3) is 5.33. The average molecular weight is 515 g/mol. The molecule has 8 nitrogen and oxygen atoms in total. The predicted molar refractivity (Wildman–Crippen MR) is 150 cm³/mol. The number of aromatic amines is 1. The van der Waals surface area contributed by atoms with Gasteiger partial charge in [-0.05, 0) is 66.9 Å². The van der Waals surface area contributed by atoms with Crippen LogP contribution in [0.4, 0.5) is 27.3 Å². The minimum absolute atomic E-state index is 0.0620. The maximum atomic E-state index is 13.7. The van der Waals surface area contributed by atoms with Gasteiger partial charge in [0.25, 0.3) is 5.91 Å². The van der Waals surface area contributed by atoms with Crippen LogP contribution in [0.3, 0.4) is 0 Å². The highest BCUT2D eigenvalue weighted by Gasteiger charge is 2.16. The molecule has 0 bridgehead atoms. The van der Waals surface area contributed by atoms with Gasteiger partial charge in [0.1, 0.15) is 17.4 Å². The molecule has 1 aliphatic rings. The Hall–Kier alpha value is -4.37. The van der Waals surface area contributed by atoms with Crippen molar-refractivity contribution in [2.24, 2.45) is 5.73 Å². The second kappa shape index (κ2) is 10.9. The average Bonchev–Trinajstić information content (AvgIpc) is 3.33. The molecule has 38 heavy (non-hydrogen) atoms. The number of primary amides is 1. The number of pyridine rings is 1. The van der Waals surface area contributed by atoms with E-state index in [1.54, 1.807) is 19.5 Å². The topological polar surface area (TPSA) is 108 Å². The van der Waals surface area contributed by atoms with E-state index in [-0.39, 0.29) is 5.56 Å². The molecule has 1 amide bonds. The number of nitrogens with two attached hydrogens (primary N) is 1. The van der Waals surface area contributed by atoms with E-state index >= 15 is 0 Å². The summed E-state index contributed by atoms with van der Waals surface area (Å²) in [5, 5.41) is 7.47. The molecule has 1 aliphatic heterocycles. The Morgan fingerprint density at radius 1 is 1.13 bits per heavy atom. The smallest absolute Gasteiger partial charge is 0.250 e. The van der Waals surface area contributed by atoms with Crippen molar-refractivity contribution in [3.05, 3.63) is 77.9 Å². The normalized spacial score (nSPS) is 13.8. The highest BCUT2D eigenvalue weighted by molar-refractivity contribution is 6.02. The first kappa shape index (κ1) is 25.3. The van der Waals surface area contributed by atoms with Crippen LogP contribution in [-0.2, 0) is 0 Å². The zero-order valence-electron chi connectivity index (χ0n) is 21.5. The monoisotopic (exact) mass is 514 g/mol. The molecule has 0 spiro atoms. The van der Waals surface area contributed by atoms with Gasteiger partial charge in [-0.3, -0.25) is 14.7 Å². The lowest BCUT2D eigenvalue weighted by molar-refractivity contribution is 0.100. The number of halogens is 1. The number of fused-ring (bicyclic) bond motifs is 1. The summed E-state index contributed by atoms with van der Waals surface area (Å²) < 4.78 is 19.3. The number of ether oxygens (including phenoxy) is 1. The van der Waals surface area contributed by atoms with Crippen molar-refractivity contribution < 1.29 is 13.9 Å². The minimum Gasteiger partial charge on any atom is -0.495 e. The van der Waals surface area contributed by atoms with Gasteiger partial charge in [0.05, 0.1) is 47.6 Å². The summed E-state index contributed by atoms with van der Waals surface area (Å²) >= 11 is 0. The molecule has 0 saturated carbocycles. The molecule has 0 unspecified atom stereocenters. The molecule has 3 heterocycles. The Morgan fingerprint density at radius 3 is 2.79 bits per heavy atom. The van der Waals surface area contributed by atoms with Crippen molar-refractivity contribution in [2.45, 2.75) is 19.8 Å². The number of amides is 1. The van der Waals surface area contributed by atoms with E-state index in [2.05, 4.69) is 50.6 Å². The Bertz CT molecular complexity index is 1510. The molecular weight excluding hydrogens is 483 g/mol. The standard InChI is InChI=1S/C29H31FN6O2/c1-3-10-36-11-4-5-19(17-36)18-6-9-27(38-2)24(12-18)34-28-14-21-25(15-32-16-26(21)35-28)33-23-8-7-20(30)13-22(23)29(31)37/h5-9,12-16,33-35H,3-4,10-11,17H2,1-2H3,(H2,31,37). The molecule has 0 atom stereocenters. The fourth-order valence-electron chi connectivity index (χ4n) is 4.87. The maximum absolute atomic E-state index is 13.7. The molecule has 5 rings (SSSR count). The fraction of sp³-hybridized carbons (Fsp3) is 0.241. The van der Waals surface area contributed by atoms with Crippen LogP contribution < -0.4 is 21.1 Å². The number of hydrogen-bond acceptors (Lipinski definition) is 6. The summed E-state index contributed by atoms with van der Waals surface area (Å²) in [6.07, 6.45) is 7.86. The first-order valence-corrected chi connectivity index (χ1v) is 12.6. The number of carbonyl (C=O) groups excluding carboxylic acids is 1. The van der Waals surface area contributed by atoms with Crippen molar-refractivity contribution in [3.63, 3.8) is 0 Å². The van der Waals surface area contributed by atoms with E-state index in [9.17, 15) is 9.18 Å². The molecule has 4 aromatic rings. The van der Waals surface area contributed by atoms with E-state index in [4.69, 9.17) is 10.5 Å². The highest BCUT2D eigenvalue weighted by atomic mass is 19.1. The number of hydrogen-bond donors (Lipinski definition) is 4. The second-order valence-corrected chi connectivity index (χ2v) is 9.34. The SMILES string of the molecule is CCCN1CCC=C(c2ccc(OC)c(Nc3cc4c(Nc5ccc(F)cc5C(N)=O)cncc4[nH]3)c2)C1. The summed E-state index contributed by atoms with van der Waals surface area (Å²) in [5.41, 5.74) is 10.6. The summed E-state index contributed by atoms with van der Waals surface area (Å²) in [6, 6.07) is 12.0. The van der Waals surface area contributed by atoms with Gasteiger partial charge in [0.2, 0.25) is 0 Å². The largest absolute Gasteiger partial charge is 0.495 e. The van der Waals surface area contributed by atoms with Crippen LogP contribution in [0.1, 0.15) is 35.7 Å². The molecule has 2 aromatic carbocycles. The van der Waals surface area contributed by atoms with Crippen molar-refractivity contribution in [1.29, 1.82) is 0 Å². The third-order valence-corrected chi connectivity index (χ3v) is 6.67. The molecular formula is C29H31FN6O2. The molecule has 0 fully saturated rings. The number of methoxy groups -OCH3 is 1. The molecule has 0 aliphatic carbocycles. The summed E-state index contributed by atoms with van der Waals surface area (Å²) in [7, 11) is 1.65. The van der Waals surface area contributed by atoms with E-state index in [0.717, 1.165) is 72.3 Å². The molecule has 0 saturated heterocycles. The number of aromatic nitrogens is 2. The summed E-state index contributed by atoms with van der Waals surface area (Å²) in [4.78, 5) is 22.0. The number of nitrogens with one attached hydrogen (secondary N) is 3. The van der Waals surface area contributed by atoms with Gasteiger partial charge in [-0.2, -0.15) is 0 Å². The van der Waals surface area contributed by atoms with Gasteiger partial charge in [0, 0.05) is 18.5 Å². The van der Waals surface area contributed by atoms with Crippen LogP contribution in [0.15, 0.2) is 60.9 Å². The molecule has 5 N–H and O–H groups in total. The first-order chi connectivity index (χ1) is 18.4. The van der Waals surface area contributed by atoms with Gasteiger partial charge in [-0.15, -0.1) is 0 Å². The van der Waals surface area contributed by atoms with Crippen molar-refractivity contribution >= 4 is 45.3 Å². The van der Waals surface area contributed by atoms with Crippen LogP contribution in [0, 0.1) is 5.82 Å². The number of H-pyrrole nitrogens is 1. The predicted octanol–water partition coefficient (Wildman–Crippen LogP) is 5.80. The molecule has 9 heteroatoms. The number of rotatable bonds is 9. The lowest BCUT2D eigenvalue weighted by atomic mass is 10.00. The van der Waals surface area contributed by atoms with E-state index < -0.39 is 11.7 Å². The van der Waals surface area contributed by atoms with E-state index in [1.807, 2.05) is 12.1 Å². The molecule has 0 radical (unpaired) electrons. The van der Waals surface area contributed by atoms with Crippen LogP contribution in [0.25, 0.3) is 16.5 Å². The van der Waals surface area contributed by atoms with Crippen LogP contribution in [-0.4, -0.2) is 47.5 Å². The Balaban J connectivity index is 1.44. The van der Waals surface area contributed by atoms with E-state index in [0.29, 0.717) is 11.4 Å². The lowest BCUT2D eigenvalue weighted by Gasteiger charge is -2.27. The number of nitrogens with zero attached hydrogens (tertiary/aromatic N) is 2. The molecule has 196 valence electrons. The van der Waals surface area contributed by atoms with Crippen LogP contribution in [0.2, 0.25) is 0 Å². The molecule has 2 aromatic heterocycles. The summed E-state index contributed by atoms with van der Waals surface area (Å²) in [5.74, 6) is 0.211. The quantitative estimate of drug-likeness (QED) is 0.225. The minimum atomic E-state index is -0.721. The van der Waals surface area contributed by atoms with Crippen molar-refractivity contribution in [3.8, 4) is 5.75 Å². The zero-order valence-corrected chi connectivity index (χ0v) is 21.5. The first-order valence-electron chi connectivity index (χ1n) is 12.6. The lowest BCUT2D eigenvalue weighted by Crippen LogP contribution is -2.30. The van der Waals surface area contributed by atoms with Crippen LogP contribution in [0.5, 0.6) is 5.75 Å². The van der Waals surface area contributed by atoms with Crippen molar-refractivity contribution in [2.75, 3.05) is 37.4 Å². The Kier molecular flexibility index (Phi) is 7.28. The zero-order chi connectivity index (χ0) is 26.6. The van der Waals surface area contributed by atoms with Crippen molar-refractivity contribution in [1.82, 2.24) is 14.9 Å². The fourth-order valence-corrected chi connectivity index (χ4v) is 4.87. The Labute approximate surface area is 220 Å². The Morgan fingerprint density at radius 2 is 2.00 bits per heavy atom.